The number of imidazole rings is 1. The molecule has 0 bridgehead atoms. The van der Waals surface area contributed by atoms with E-state index in [4.69, 9.17) is 5.73 Å². The maximum Gasteiger partial charge on any atom is 0.416 e. The molecule has 3 aromatic heterocycles. The van der Waals surface area contributed by atoms with Gasteiger partial charge in [0.25, 0.3) is 5.91 Å². The Hall–Kier alpha value is -6.51. The quantitative estimate of drug-likeness (QED) is 0.183. The lowest BCUT2D eigenvalue weighted by Crippen LogP contribution is -2.35. The van der Waals surface area contributed by atoms with Crippen LogP contribution in [0.1, 0.15) is 37.5 Å². The van der Waals surface area contributed by atoms with E-state index >= 15 is 0 Å². The number of nitrogens with one attached hydrogen (secondary N) is 2. The third-order valence-corrected chi connectivity index (χ3v) is 7.40. The van der Waals surface area contributed by atoms with Gasteiger partial charge in [0.2, 0.25) is 5.91 Å². The van der Waals surface area contributed by atoms with Gasteiger partial charge in [-0.2, -0.15) is 13.2 Å². The summed E-state index contributed by atoms with van der Waals surface area (Å²) >= 11 is 0. The highest BCUT2D eigenvalue weighted by Gasteiger charge is 2.32. The molecule has 3 aromatic carbocycles. The number of nitrogens with two attached hydrogens (primary N) is 1. The van der Waals surface area contributed by atoms with Crippen LogP contribution < -0.4 is 21.4 Å². The van der Waals surface area contributed by atoms with Crippen LogP contribution in [0.25, 0.3) is 11.0 Å². The Kier molecular flexibility index (Phi) is 8.10. The van der Waals surface area contributed by atoms with Gasteiger partial charge < -0.3 is 16.4 Å². The Labute approximate surface area is 270 Å². The van der Waals surface area contributed by atoms with Gasteiger partial charge in [0.1, 0.15) is 18.5 Å². The first-order valence-corrected chi connectivity index (χ1v) is 14.3. The number of aryl methyl sites for hydroxylation is 2. The number of primary amides is 1. The number of benzene rings is 3. The minimum absolute atomic E-state index is 0.200. The normalized spacial score (nSPS) is 11.4. The van der Waals surface area contributed by atoms with Gasteiger partial charge in [0.05, 0.1) is 28.5 Å². The fourth-order valence-corrected chi connectivity index (χ4v) is 4.95. The molecular formula is C33H26F3N9O3. The van der Waals surface area contributed by atoms with Crippen LogP contribution in [0, 0.1) is 13.8 Å². The van der Waals surface area contributed by atoms with E-state index in [-0.39, 0.29) is 11.3 Å². The predicted molar refractivity (Wildman–Crippen MR) is 172 cm³/mol. The number of carbonyl (C=O) groups is 3. The van der Waals surface area contributed by atoms with Crippen molar-refractivity contribution < 1.29 is 27.6 Å². The average molecular weight is 654 g/mol. The Balaban J connectivity index is 1.30. The van der Waals surface area contributed by atoms with Crippen LogP contribution in [0.4, 0.5) is 40.8 Å². The fourth-order valence-electron chi connectivity index (χ4n) is 4.95. The number of amides is 3. The maximum absolute atomic E-state index is 13.8. The zero-order chi connectivity index (χ0) is 34.2. The van der Waals surface area contributed by atoms with E-state index in [1.807, 2.05) is 0 Å². The van der Waals surface area contributed by atoms with Gasteiger partial charge in [0.15, 0.2) is 5.65 Å². The third kappa shape index (κ3) is 6.28. The van der Waals surface area contributed by atoms with E-state index in [1.54, 1.807) is 62.5 Å². The fraction of sp³-hybridized carbons (Fsp3) is 0.0909. The second-order valence-corrected chi connectivity index (χ2v) is 10.7. The molecule has 242 valence electrons. The Morgan fingerprint density at radius 3 is 2.35 bits per heavy atom. The van der Waals surface area contributed by atoms with Crippen molar-refractivity contribution in [2.75, 3.05) is 15.6 Å². The number of rotatable bonds is 7. The third-order valence-electron chi connectivity index (χ3n) is 7.40. The number of carbonyl (C=O) groups excluding carboxylic acids is 3. The van der Waals surface area contributed by atoms with Crippen molar-refractivity contribution in [2.45, 2.75) is 20.0 Å². The van der Waals surface area contributed by atoms with Gasteiger partial charge in [-0.25, -0.2) is 29.4 Å². The van der Waals surface area contributed by atoms with Crippen LogP contribution in [0.5, 0.6) is 0 Å². The molecular weight excluding hydrogens is 627 g/mol. The number of hydrogen-bond donors (Lipinski definition) is 3. The highest BCUT2D eigenvalue weighted by atomic mass is 19.4. The van der Waals surface area contributed by atoms with Crippen molar-refractivity contribution in [3.63, 3.8) is 0 Å². The SMILES string of the molecule is Cc1cn(N(C(=O)c2cccc(C(F)(F)F)c2)c2ccc(C)c(NC(=O)n3ccc4c(Nc5ccc(C(N)=O)cc5)ncnc43)c2)cn1. The van der Waals surface area contributed by atoms with Crippen molar-refractivity contribution in [3.8, 4) is 0 Å². The topological polar surface area (TPSA) is 153 Å². The molecule has 6 rings (SSSR count). The Bertz CT molecular complexity index is 2190. The number of hydrogen-bond acceptors (Lipinski definition) is 7. The van der Waals surface area contributed by atoms with Gasteiger partial charge in [0, 0.05) is 28.7 Å². The van der Waals surface area contributed by atoms with E-state index < -0.39 is 29.6 Å². The summed E-state index contributed by atoms with van der Waals surface area (Å²) in [6.07, 6.45) is 1.08. The standard InChI is InChI=1S/C33H26F3N9O3/c1-19-6-11-25(45(43-16-20(2)40-18-43)31(47)22-4-3-5-23(14-22)33(34,35)36)15-27(19)42-32(48)44-13-12-26-29(38-17-39-30(26)44)41-24-9-7-21(8-10-24)28(37)46/h3-18H,1-2H3,(H2,37,46)(H,42,48)(H,38,39,41). The molecule has 3 heterocycles. The van der Waals surface area contributed by atoms with Crippen LogP contribution in [0.2, 0.25) is 0 Å². The van der Waals surface area contributed by atoms with Crippen LogP contribution in [0.3, 0.4) is 0 Å². The molecule has 0 atom stereocenters. The smallest absolute Gasteiger partial charge is 0.366 e. The summed E-state index contributed by atoms with van der Waals surface area (Å²) in [5.41, 5.74) is 7.22. The molecule has 0 saturated heterocycles. The second-order valence-electron chi connectivity index (χ2n) is 10.7. The molecule has 15 heteroatoms. The van der Waals surface area contributed by atoms with Gasteiger partial charge >= 0.3 is 12.2 Å². The zero-order valence-corrected chi connectivity index (χ0v) is 25.4. The lowest BCUT2D eigenvalue weighted by molar-refractivity contribution is -0.137. The first-order valence-electron chi connectivity index (χ1n) is 14.3. The Morgan fingerprint density at radius 2 is 1.67 bits per heavy atom. The molecule has 48 heavy (non-hydrogen) atoms. The molecule has 6 aromatic rings. The molecule has 12 nitrogen and oxygen atoms in total. The van der Waals surface area contributed by atoms with Crippen molar-refractivity contribution in [1.29, 1.82) is 0 Å². The van der Waals surface area contributed by atoms with E-state index in [2.05, 4.69) is 25.6 Å². The van der Waals surface area contributed by atoms with Crippen LogP contribution >= 0.6 is 0 Å². The molecule has 0 aliphatic heterocycles. The van der Waals surface area contributed by atoms with Crippen LogP contribution in [-0.2, 0) is 6.18 Å². The van der Waals surface area contributed by atoms with Gasteiger partial charge in [-0.15, -0.1) is 0 Å². The highest BCUT2D eigenvalue weighted by Crippen LogP contribution is 2.31. The molecule has 0 radical (unpaired) electrons. The van der Waals surface area contributed by atoms with Gasteiger partial charge in [-0.05, 0) is 80.1 Å². The summed E-state index contributed by atoms with van der Waals surface area (Å²) in [5.74, 6) is -0.894. The number of anilines is 4. The largest absolute Gasteiger partial charge is 0.416 e. The van der Waals surface area contributed by atoms with E-state index in [0.717, 1.165) is 17.1 Å². The van der Waals surface area contributed by atoms with Gasteiger partial charge in [-0.3, -0.25) is 14.2 Å². The molecule has 0 spiro atoms. The molecule has 4 N–H and O–H groups in total. The minimum Gasteiger partial charge on any atom is -0.366 e. The average Bonchev–Trinajstić information content (AvgIpc) is 3.69. The van der Waals surface area contributed by atoms with Crippen molar-refractivity contribution in [3.05, 3.63) is 126 Å². The van der Waals surface area contributed by atoms with Crippen LogP contribution in [0.15, 0.2) is 97.8 Å². The maximum atomic E-state index is 13.8. The van der Waals surface area contributed by atoms with Gasteiger partial charge in [-0.1, -0.05) is 12.1 Å². The molecule has 0 fully saturated rings. The molecule has 0 aliphatic carbocycles. The summed E-state index contributed by atoms with van der Waals surface area (Å²) in [6, 6.07) is 16.5. The van der Waals surface area contributed by atoms with Crippen LogP contribution in [-0.4, -0.2) is 42.0 Å². The number of aromatic nitrogens is 5. The first-order chi connectivity index (χ1) is 22.9. The second kappa shape index (κ2) is 12.4. The molecule has 3 amide bonds. The lowest BCUT2D eigenvalue weighted by Gasteiger charge is -2.25. The van der Waals surface area contributed by atoms with Crippen molar-refractivity contribution in [2.24, 2.45) is 5.73 Å². The van der Waals surface area contributed by atoms with E-state index in [0.29, 0.717) is 45.0 Å². The number of nitrogens with zero attached hydrogens (tertiary/aromatic N) is 6. The van der Waals surface area contributed by atoms with E-state index in [1.165, 1.54) is 46.3 Å². The summed E-state index contributed by atoms with van der Waals surface area (Å²) in [5, 5.41) is 7.68. The predicted octanol–water partition coefficient (Wildman–Crippen LogP) is 6.30. The summed E-state index contributed by atoms with van der Waals surface area (Å²) in [4.78, 5) is 51.5. The zero-order valence-electron chi connectivity index (χ0n) is 25.4. The summed E-state index contributed by atoms with van der Waals surface area (Å²) < 4.78 is 43.0. The molecule has 0 aliphatic rings. The lowest BCUT2D eigenvalue weighted by atomic mass is 10.1. The molecule has 0 unspecified atom stereocenters. The minimum atomic E-state index is -4.64. The summed E-state index contributed by atoms with van der Waals surface area (Å²) in [6.45, 7) is 3.46. The summed E-state index contributed by atoms with van der Waals surface area (Å²) in [7, 11) is 0. The van der Waals surface area contributed by atoms with Crippen molar-refractivity contribution >= 4 is 51.8 Å². The first kappa shape index (κ1) is 31.5. The Morgan fingerprint density at radius 1 is 0.896 bits per heavy atom. The monoisotopic (exact) mass is 653 g/mol. The number of halogens is 3. The molecule has 0 saturated carbocycles. The van der Waals surface area contributed by atoms with E-state index in [9.17, 15) is 27.6 Å². The highest BCUT2D eigenvalue weighted by molar-refractivity contribution is 6.07. The number of alkyl halides is 3. The van der Waals surface area contributed by atoms with Crippen molar-refractivity contribution in [1.82, 2.24) is 24.2 Å². The number of fused-ring (bicyclic) bond motifs is 1.